The zero-order valence-corrected chi connectivity index (χ0v) is 14.6. The lowest BCUT2D eigenvalue weighted by Crippen LogP contribution is -2.12. The van der Waals surface area contributed by atoms with E-state index in [0.717, 1.165) is 16.9 Å². The predicted octanol–water partition coefficient (Wildman–Crippen LogP) is 4.20. The first-order valence-corrected chi connectivity index (χ1v) is 8.31. The molecule has 0 aliphatic carbocycles. The summed E-state index contributed by atoms with van der Waals surface area (Å²) < 4.78 is 0. The third-order valence-electron chi connectivity index (χ3n) is 3.14. The van der Waals surface area contributed by atoms with Crippen LogP contribution in [-0.4, -0.2) is 20.9 Å². The molecule has 3 aromatic heterocycles. The maximum absolute atomic E-state index is 12.3. The number of aryl methyl sites for hydroxylation is 2. The SMILES string of the molecule is Cc1cc(Nc2ncc(C(=O)Nc3ncccc3C)s2)cc(Cl)n1. The number of aromatic nitrogens is 3. The van der Waals surface area contributed by atoms with Crippen molar-refractivity contribution >= 4 is 45.5 Å². The highest BCUT2D eigenvalue weighted by Gasteiger charge is 2.13. The summed E-state index contributed by atoms with van der Waals surface area (Å²) in [4.78, 5) is 25.3. The first-order valence-electron chi connectivity index (χ1n) is 7.11. The van der Waals surface area contributed by atoms with Gasteiger partial charge in [-0.1, -0.05) is 29.0 Å². The summed E-state index contributed by atoms with van der Waals surface area (Å²) in [6.45, 7) is 3.74. The second-order valence-electron chi connectivity index (χ2n) is 5.10. The van der Waals surface area contributed by atoms with Gasteiger partial charge in [-0.3, -0.25) is 4.79 Å². The number of rotatable bonds is 4. The summed E-state index contributed by atoms with van der Waals surface area (Å²) in [5, 5.41) is 6.90. The van der Waals surface area contributed by atoms with E-state index < -0.39 is 0 Å². The minimum atomic E-state index is -0.244. The van der Waals surface area contributed by atoms with Crippen molar-refractivity contribution in [2.24, 2.45) is 0 Å². The smallest absolute Gasteiger partial charge is 0.268 e. The molecule has 0 aliphatic heterocycles. The lowest BCUT2D eigenvalue weighted by atomic mass is 10.3. The van der Waals surface area contributed by atoms with Crippen molar-refractivity contribution in [3.63, 3.8) is 0 Å². The Morgan fingerprint density at radius 1 is 1.25 bits per heavy atom. The fourth-order valence-corrected chi connectivity index (χ4v) is 3.03. The molecule has 0 spiro atoms. The number of hydrogen-bond donors (Lipinski definition) is 2. The average Bonchev–Trinajstić information content (AvgIpc) is 2.97. The van der Waals surface area contributed by atoms with Crippen LogP contribution in [0.5, 0.6) is 0 Å². The molecule has 0 radical (unpaired) electrons. The molecule has 3 heterocycles. The molecule has 3 aromatic rings. The Bertz CT molecular complexity index is 875. The molecule has 1 amide bonds. The van der Waals surface area contributed by atoms with E-state index in [-0.39, 0.29) is 5.91 Å². The second-order valence-corrected chi connectivity index (χ2v) is 6.52. The highest BCUT2D eigenvalue weighted by molar-refractivity contribution is 7.17. The van der Waals surface area contributed by atoms with Gasteiger partial charge in [0.2, 0.25) is 0 Å². The minimum Gasteiger partial charge on any atom is -0.331 e. The van der Waals surface area contributed by atoms with E-state index in [9.17, 15) is 4.79 Å². The first-order chi connectivity index (χ1) is 11.5. The first kappa shape index (κ1) is 16.4. The molecule has 0 aliphatic rings. The van der Waals surface area contributed by atoms with Gasteiger partial charge in [-0.25, -0.2) is 15.0 Å². The summed E-state index contributed by atoms with van der Waals surface area (Å²) in [5.74, 6) is 0.299. The van der Waals surface area contributed by atoms with E-state index >= 15 is 0 Å². The lowest BCUT2D eigenvalue weighted by Gasteiger charge is -2.05. The van der Waals surface area contributed by atoms with Gasteiger partial charge in [-0.2, -0.15) is 0 Å². The second kappa shape index (κ2) is 6.94. The molecule has 0 saturated carbocycles. The van der Waals surface area contributed by atoms with Crippen LogP contribution in [0, 0.1) is 13.8 Å². The van der Waals surface area contributed by atoms with Gasteiger partial charge >= 0.3 is 0 Å². The van der Waals surface area contributed by atoms with E-state index in [1.54, 1.807) is 12.3 Å². The topological polar surface area (TPSA) is 79.8 Å². The quantitative estimate of drug-likeness (QED) is 0.682. The monoisotopic (exact) mass is 359 g/mol. The van der Waals surface area contributed by atoms with Crippen LogP contribution in [0.3, 0.4) is 0 Å². The van der Waals surface area contributed by atoms with Crippen LogP contribution in [0.2, 0.25) is 5.15 Å². The molecule has 8 heteroatoms. The fourth-order valence-electron chi connectivity index (χ4n) is 2.05. The highest BCUT2D eigenvalue weighted by atomic mass is 35.5. The lowest BCUT2D eigenvalue weighted by molar-refractivity contribution is 0.103. The van der Waals surface area contributed by atoms with Gasteiger partial charge in [0.05, 0.1) is 6.20 Å². The molecular weight excluding hydrogens is 346 g/mol. The fraction of sp³-hybridized carbons (Fsp3) is 0.125. The third-order valence-corrected chi connectivity index (χ3v) is 4.25. The van der Waals surface area contributed by atoms with Gasteiger partial charge in [0.1, 0.15) is 15.8 Å². The summed E-state index contributed by atoms with van der Waals surface area (Å²) in [5.41, 5.74) is 2.47. The van der Waals surface area contributed by atoms with Gasteiger partial charge in [-0.15, -0.1) is 0 Å². The summed E-state index contributed by atoms with van der Waals surface area (Å²) in [6.07, 6.45) is 3.16. The van der Waals surface area contributed by atoms with E-state index in [0.29, 0.717) is 21.0 Å². The Balaban J connectivity index is 1.73. The van der Waals surface area contributed by atoms with Crippen molar-refractivity contribution in [2.45, 2.75) is 13.8 Å². The number of hydrogen-bond acceptors (Lipinski definition) is 6. The zero-order chi connectivity index (χ0) is 17.1. The number of nitrogens with zero attached hydrogens (tertiary/aromatic N) is 3. The predicted molar refractivity (Wildman–Crippen MR) is 96.3 cm³/mol. The Kier molecular flexibility index (Phi) is 4.73. The van der Waals surface area contributed by atoms with Gasteiger partial charge < -0.3 is 10.6 Å². The number of nitrogens with one attached hydrogen (secondary N) is 2. The largest absolute Gasteiger partial charge is 0.331 e. The van der Waals surface area contributed by atoms with E-state index in [1.807, 2.05) is 32.0 Å². The maximum atomic E-state index is 12.3. The van der Waals surface area contributed by atoms with E-state index in [1.165, 1.54) is 17.5 Å². The number of halogens is 1. The van der Waals surface area contributed by atoms with Gasteiger partial charge in [0.25, 0.3) is 5.91 Å². The molecule has 122 valence electrons. The van der Waals surface area contributed by atoms with Crippen LogP contribution < -0.4 is 10.6 Å². The number of amides is 1. The van der Waals surface area contributed by atoms with Crippen molar-refractivity contribution in [1.82, 2.24) is 15.0 Å². The number of anilines is 3. The van der Waals surface area contributed by atoms with Gasteiger partial charge in [0.15, 0.2) is 5.13 Å². The Hall–Kier alpha value is -2.51. The minimum absolute atomic E-state index is 0.244. The van der Waals surface area contributed by atoms with Crippen LogP contribution in [0.15, 0.2) is 36.7 Å². The highest BCUT2D eigenvalue weighted by Crippen LogP contribution is 2.25. The Morgan fingerprint density at radius 3 is 2.83 bits per heavy atom. The molecule has 2 N–H and O–H groups in total. The summed E-state index contributed by atoms with van der Waals surface area (Å²) >= 11 is 7.19. The van der Waals surface area contributed by atoms with E-state index in [4.69, 9.17) is 11.6 Å². The third kappa shape index (κ3) is 3.87. The maximum Gasteiger partial charge on any atom is 0.268 e. The van der Waals surface area contributed by atoms with Crippen LogP contribution >= 0.6 is 22.9 Å². The summed E-state index contributed by atoms with van der Waals surface area (Å²) in [7, 11) is 0. The number of carbonyl (C=O) groups is 1. The molecule has 0 atom stereocenters. The van der Waals surface area contributed by atoms with Crippen molar-refractivity contribution in [1.29, 1.82) is 0 Å². The van der Waals surface area contributed by atoms with E-state index in [2.05, 4.69) is 25.6 Å². The zero-order valence-electron chi connectivity index (χ0n) is 13.0. The van der Waals surface area contributed by atoms with Crippen LogP contribution in [0.1, 0.15) is 20.9 Å². The Morgan fingerprint density at radius 2 is 2.08 bits per heavy atom. The molecular formula is C16H14ClN5OS. The van der Waals surface area contributed by atoms with Gasteiger partial charge in [0, 0.05) is 17.6 Å². The molecule has 0 saturated heterocycles. The average molecular weight is 360 g/mol. The van der Waals surface area contributed by atoms with Crippen LogP contribution in [-0.2, 0) is 0 Å². The van der Waals surface area contributed by atoms with Gasteiger partial charge in [-0.05, 0) is 37.6 Å². The molecule has 0 bridgehead atoms. The Labute approximate surface area is 148 Å². The standard InChI is InChI=1S/C16H14ClN5OS/c1-9-4-3-5-18-14(9)22-15(23)12-8-19-16(24-12)21-11-6-10(2)20-13(17)7-11/h3-8H,1-2H3,(H,18,22,23)(H,19,20,21). The number of thiazole rings is 1. The van der Waals surface area contributed by atoms with Crippen molar-refractivity contribution in [2.75, 3.05) is 10.6 Å². The van der Waals surface area contributed by atoms with Crippen LogP contribution in [0.25, 0.3) is 0 Å². The normalized spacial score (nSPS) is 10.5. The molecule has 0 fully saturated rings. The molecule has 6 nitrogen and oxygen atoms in total. The summed E-state index contributed by atoms with van der Waals surface area (Å²) in [6, 6.07) is 7.26. The number of pyridine rings is 2. The molecule has 0 unspecified atom stereocenters. The molecule has 0 aromatic carbocycles. The van der Waals surface area contributed by atoms with Crippen molar-refractivity contribution in [3.05, 3.63) is 57.9 Å². The van der Waals surface area contributed by atoms with Crippen molar-refractivity contribution in [3.8, 4) is 0 Å². The number of carbonyl (C=O) groups excluding carboxylic acids is 1. The van der Waals surface area contributed by atoms with Crippen molar-refractivity contribution < 1.29 is 4.79 Å². The molecule has 3 rings (SSSR count). The molecule has 24 heavy (non-hydrogen) atoms. The van der Waals surface area contributed by atoms with Crippen LogP contribution in [0.4, 0.5) is 16.6 Å².